The van der Waals surface area contributed by atoms with E-state index in [0.29, 0.717) is 11.5 Å². The summed E-state index contributed by atoms with van der Waals surface area (Å²) in [4.78, 5) is 6.83. The molecule has 17 heavy (non-hydrogen) atoms. The second-order valence-corrected chi connectivity index (χ2v) is 4.34. The average molecular weight is 253 g/mol. The quantitative estimate of drug-likeness (QED) is 0.747. The van der Waals surface area contributed by atoms with Gasteiger partial charge in [0.2, 0.25) is 0 Å². The van der Waals surface area contributed by atoms with Gasteiger partial charge < -0.3 is 15.7 Å². The van der Waals surface area contributed by atoms with Gasteiger partial charge in [-0.3, -0.25) is 0 Å². The fourth-order valence-corrected chi connectivity index (χ4v) is 1.85. The summed E-state index contributed by atoms with van der Waals surface area (Å²) >= 11 is 5.03. The van der Waals surface area contributed by atoms with Crippen LogP contribution in [0.4, 0.5) is 5.82 Å². The molecule has 0 unspecified atom stereocenters. The minimum atomic E-state index is 0.0897. The van der Waals surface area contributed by atoms with Crippen LogP contribution in [-0.4, -0.2) is 34.8 Å². The van der Waals surface area contributed by atoms with Crippen molar-refractivity contribution in [3.8, 4) is 0 Å². The van der Waals surface area contributed by atoms with Crippen molar-refractivity contribution in [2.45, 2.75) is 20.3 Å². The molecule has 0 spiro atoms. The zero-order chi connectivity index (χ0) is 12.8. The van der Waals surface area contributed by atoms with Crippen molar-refractivity contribution in [3.63, 3.8) is 0 Å². The Morgan fingerprint density at radius 3 is 2.71 bits per heavy atom. The maximum atomic E-state index is 9.09. The number of anilines is 1. The number of hydrogen-bond donors (Lipinski definition) is 2. The third-order valence-electron chi connectivity index (χ3n) is 2.44. The topological polar surface area (TPSA) is 62.4 Å². The van der Waals surface area contributed by atoms with Crippen LogP contribution in [0.5, 0.6) is 0 Å². The standard InChI is InChI=1S/C12H19N3OS/c1-3-6-15(7-8-16)12-10(11(13)17)5-4-9(2)14-12/h4-5,16H,3,6-8H2,1-2H3,(H2,13,17). The summed E-state index contributed by atoms with van der Waals surface area (Å²) in [6.07, 6.45) is 0.979. The van der Waals surface area contributed by atoms with Crippen molar-refractivity contribution in [1.29, 1.82) is 0 Å². The highest BCUT2D eigenvalue weighted by molar-refractivity contribution is 7.80. The Hall–Kier alpha value is -1.20. The second kappa shape index (κ2) is 6.51. The Labute approximate surface area is 107 Å². The summed E-state index contributed by atoms with van der Waals surface area (Å²) in [6, 6.07) is 3.78. The Morgan fingerprint density at radius 1 is 1.47 bits per heavy atom. The summed E-state index contributed by atoms with van der Waals surface area (Å²) in [5, 5.41) is 9.09. The molecule has 0 radical (unpaired) electrons. The van der Waals surface area contributed by atoms with Gasteiger partial charge in [-0.2, -0.15) is 0 Å². The van der Waals surface area contributed by atoms with E-state index in [9.17, 15) is 0 Å². The van der Waals surface area contributed by atoms with Crippen LogP contribution in [0.25, 0.3) is 0 Å². The predicted molar refractivity (Wildman–Crippen MR) is 74.5 cm³/mol. The van der Waals surface area contributed by atoms with Gasteiger partial charge in [0.1, 0.15) is 10.8 Å². The normalized spacial score (nSPS) is 10.3. The monoisotopic (exact) mass is 253 g/mol. The largest absolute Gasteiger partial charge is 0.395 e. The molecule has 1 aromatic heterocycles. The fraction of sp³-hybridized carbons (Fsp3) is 0.500. The number of nitrogens with two attached hydrogens (primary N) is 1. The number of rotatable bonds is 6. The molecule has 1 rings (SSSR count). The predicted octanol–water partition coefficient (Wildman–Crippen LogP) is 1.23. The van der Waals surface area contributed by atoms with Crippen LogP contribution in [0.2, 0.25) is 0 Å². The van der Waals surface area contributed by atoms with Crippen LogP contribution in [-0.2, 0) is 0 Å². The minimum Gasteiger partial charge on any atom is -0.395 e. The van der Waals surface area contributed by atoms with Crippen LogP contribution < -0.4 is 10.6 Å². The van der Waals surface area contributed by atoms with Crippen molar-refractivity contribution in [1.82, 2.24) is 4.98 Å². The highest BCUT2D eigenvalue weighted by atomic mass is 32.1. The van der Waals surface area contributed by atoms with Gasteiger partial charge in [0, 0.05) is 18.8 Å². The zero-order valence-corrected chi connectivity index (χ0v) is 11.1. The molecule has 1 heterocycles. The summed E-state index contributed by atoms with van der Waals surface area (Å²) in [5.41, 5.74) is 7.38. The van der Waals surface area contributed by atoms with Crippen molar-refractivity contribution >= 4 is 23.0 Å². The van der Waals surface area contributed by atoms with Gasteiger partial charge in [0.25, 0.3) is 0 Å². The summed E-state index contributed by atoms with van der Waals surface area (Å²) in [7, 11) is 0. The lowest BCUT2D eigenvalue weighted by atomic mass is 10.2. The van der Waals surface area contributed by atoms with Crippen LogP contribution in [0.15, 0.2) is 12.1 Å². The van der Waals surface area contributed by atoms with Gasteiger partial charge >= 0.3 is 0 Å². The summed E-state index contributed by atoms with van der Waals surface area (Å²) in [6.45, 7) is 5.47. The van der Waals surface area contributed by atoms with E-state index in [0.717, 1.165) is 30.0 Å². The maximum absolute atomic E-state index is 9.09. The lowest BCUT2D eigenvalue weighted by Gasteiger charge is -2.24. The third-order valence-corrected chi connectivity index (χ3v) is 2.66. The number of pyridine rings is 1. The van der Waals surface area contributed by atoms with E-state index < -0.39 is 0 Å². The van der Waals surface area contributed by atoms with E-state index in [1.54, 1.807) is 0 Å². The Balaban J connectivity index is 3.14. The Morgan fingerprint density at radius 2 is 2.18 bits per heavy atom. The molecule has 0 amide bonds. The van der Waals surface area contributed by atoms with Crippen molar-refractivity contribution in [3.05, 3.63) is 23.4 Å². The van der Waals surface area contributed by atoms with E-state index in [4.69, 9.17) is 23.1 Å². The first-order valence-electron chi connectivity index (χ1n) is 5.73. The van der Waals surface area contributed by atoms with Crippen molar-refractivity contribution in [2.75, 3.05) is 24.6 Å². The second-order valence-electron chi connectivity index (χ2n) is 3.90. The molecule has 0 atom stereocenters. The van der Waals surface area contributed by atoms with Gasteiger partial charge in [-0.05, 0) is 25.5 Å². The van der Waals surface area contributed by atoms with E-state index in [-0.39, 0.29) is 6.61 Å². The van der Waals surface area contributed by atoms with Crippen LogP contribution in [0.1, 0.15) is 24.6 Å². The van der Waals surface area contributed by atoms with Crippen LogP contribution >= 0.6 is 12.2 Å². The molecule has 1 aromatic rings. The molecule has 0 aromatic carbocycles. The molecule has 3 N–H and O–H groups in total. The minimum absolute atomic E-state index is 0.0897. The number of thiocarbonyl (C=S) groups is 1. The molecule has 0 saturated heterocycles. The number of aliphatic hydroxyl groups is 1. The summed E-state index contributed by atoms with van der Waals surface area (Å²) in [5.74, 6) is 0.772. The average Bonchev–Trinajstić information content (AvgIpc) is 2.28. The number of aryl methyl sites for hydroxylation is 1. The first-order chi connectivity index (χ1) is 8.10. The number of hydrogen-bond acceptors (Lipinski definition) is 4. The molecule has 5 heteroatoms. The zero-order valence-electron chi connectivity index (χ0n) is 10.3. The molecule has 0 aliphatic rings. The summed E-state index contributed by atoms with van der Waals surface area (Å²) < 4.78 is 0. The van der Waals surface area contributed by atoms with E-state index in [1.165, 1.54) is 0 Å². The molecule has 0 aliphatic heterocycles. The maximum Gasteiger partial charge on any atom is 0.139 e. The molecule has 0 saturated carbocycles. The molecule has 94 valence electrons. The third kappa shape index (κ3) is 3.64. The van der Waals surface area contributed by atoms with Gasteiger partial charge in [-0.25, -0.2) is 4.98 Å². The van der Waals surface area contributed by atoms with Crippen LogP contribution in [0, 0.1) is 6.92 Å². The number of aliphatic hydroxyl groups excluding tert-OH is 1. The molecule has 0 fully saturated rings. The highest BCUT2D eigenvalue weighted by Crippen LogP contribution is 2.18. The van der Waals surface area contributed by atoms with Crippen molar-refractivity contribution in [2.24, 2.45) is 5.73 Å². The van der Waals surface area contributed by atoms with Gasteiger partial charge in [-0.1, -0.05) is 19.1 Å². The van der Waals surface area contributed by atoms with Gasteiger partial charge in [0.05, 0.1) is 12.2 Å². The van der Waals surface area contributed by atoms with E-state index in [1.807, 2.05) is 24.0 Å². The fourth-order valence-electron chi connectivity index (χ4n) is 1.69. The van der Waals surface area contributed by atoms with Gasteiger partial charge in [-0.15, -0.1) is 0 Å². The SMILES string of the molecule is CCCN(CCO)c1nc(C)ccc1C(N)=S. The molecular weight excluding hydrogens is 234 g/mol. The van der Waals surface area contributed by atoms with E-state index in [2.05, 4.69) is 11.9 Å². The number of aromatic nitrogens is 1. The van der Waals surface area contributed by atoms with Crippen molar-refractivity contribution < 1.29 is 5.11 Å². The Kier molecular flexibility index (Phi) is 5.31. The molecule has 0 bridgehead atoms. The molecule has 0 aliphatic carbocycles. The lowest BCUT2D eigenvalue weighted by molar-refractivity contribution is 0.301. The lowest BCUT2D eigenvalue weighted by Crippen LogP contribution is -2.31. The van der Waals surface area contributed by atoms with Gasteiger partial charge in [0.15, 0.2) is 0 Å². The molecule has 4 nitrogen and oxygen atoms in total. The number of nitrogens with zero attached hydrogens (tertiary/aromatic N) is 2. The first kappa shape index (κ1) is 13.9. The van der Waals surface area contributed by atoms with E-state index >= 15 is 0 Å². The smallest absolute Gasteiger partial charge is 0.139 e. The van der Waals surface area contributed by atoms with Crippen LogP contribution in [0.3, 0.4) is 0 Å². The molecular formula is C12H19N3OS. The Bertz CT molecular complexity index is 389. The highest BCUT2D eigenvalue weighted by Gasteiger charge is 2.13. The first-order valence-corrected chi connectivity index (χ1v) is 6.14.